The third kappa shape index (κ3) is 19.3. The lowest BCUT2D eigenvalue weighted by molar-refractivity contribution is -0.873. The van der Waals surface area contributed by atoms with E-state index in [1.807, 2.05) is 35.0 Å². The van der Waals surface area contributed by atoms with E-state index in [-0.39, 0.29) is 32.5 Å². The van der Waals surface area contributed by atoms with Gasteiger partial charge in [0.2, 0.25) is 0 Å². The smallest absolute Gasteiger partial charge is 0.344 e. The number of ether oxygens (including phenoxy) is 4. The minimum absolute atomic E-state index is 0.249. The van der Waals surface area contributed by atoms with Crippen LogP contribution in [0.2, 0.25) is 0 Å². The van der Waals surface area contributed by atoms with E-state index in [2.05, 4.69) is 0 Å². The van der Waals surface area contributed by atoms with Crippen molar-refractivity contribution in [3.05, 3.63) is 0 Å². The predicted molar refractivity (Wildman–Crippen MR) is 125 cm³/mol. The van der Waals surface area contributed by atoms with E-state index in [1.165, 1.54) is 0 Å². The fraction of sp³-hybridized carbons (Fsp3) is 0.833. The van der Waals surface area contributed by atoms with Crippen molar-refractivity contribution < 1.29 is 47.7 Å². The van der Waals surface area contributed by atoms with Crippen LogP contribution in [0.1, 0.15) is 71.6 Å². The van der Waals surface area contributed by atoms with Gasteiger partial charge in [-0.15, -0.1) is 0 Å². The molecular formula is C24H44NO9+. The first-order valence-corrected chi connectivity index (χ1v) is 12.1. The number of hydrogen-bond acceptors (Lipinski definition) is 9. The van der Waals surface area contributed by atoms with Gasteiger partial charge >= 0.3 is 23.9 Å². The number of unbranched alkanes of at least 4 members (excludes halogenated alkanes) is 4. The zero-order chi connectivity index (χ0) is 26.0. The van der Waals surface area contributed by atoms with Gasteiger partial charge in [0.15, 0.2) is 12.7 Å². The maximum atomic E-state index is 12.1. The first-order valence-electron chi connectivity index (χ1n) is 12.1. The second-order valence-corrected chi connectivity index (χ2v) is 9.38. The molecule has 0 aromatic heterocycles. The van der Waals surface area contributed by atoms with Crippen LogP contribution in [0.15, 0.2) is 0 Å². The second kappa shape index (κ2) is 18.2. The predicted octanol–water partition coefficient (Wildman–Crippen LogP) is 2.15. The molecule has 34 heavy (non-hydrogen) atoms. The van der Waals surface area contributed by atoms with E-state index in [4.69, 9.17) is 18.9 Å². The third-order valence-electron chi connectivity index (χ3n) is 4.64. The van der Waals surface area contributed by atoms with Crippen molar-refractivity contribution in [1.29, 1.82) is 0 Å². The Balaban J connectivity index is 4.62. The van der Waals surface area contributed by atoms with Crippen LogP contribution in [0.3, 0.4) is 0 Å². The summed E-state index contributed by atoms with van der Waals surface area (Å²) in [5.74, 6) is -2.47. The highest BCUT2D eigenvalue weighted by Crippen LogP contribution is 2.06. The normalized spacial score (nSPS) is 12.2. The number of carbonyl (C=O) groups excluding carboxylic acids is 4. The minimum Gasteiger partial charge on any atom is -0.462 e. The van der Waals surface area contributed by atoms with E-state index >= 15 is 0 Å². The van der Waals surface area contributed by atoms with E-state index < -0.39 is 42.7 Å². The highest BCUT2D eigenvalue weighted by atomic mass is 16.6. The van der Waals surface area contributed by atoms with Gasteiger partial charge in [0.1, 0.15) is 25.9 Å². The summed E-state index contributed by atoms with van der Waals surface area (Å²) in [6.07, 6.45) is 3.45. The summed E-state index contributed by atoms with van der Waals surface area (Å²) in [6, 6.07) is 0. The molecule has 1 atom stereocenters. The lowest BCUT2D eigenvalue weighted by Crippen LogP contribution is -2.42. The van der Waals surface area contributed by atoms with Crippen LogP contribution in [-0.4, -0.2) is 93.2 Å². The quantitative estimate of drug-likeness (QED) is 0.125. The summed E-state index contributed by atoms with van der Waals surface area (Å²) in [6.45, 7) is 3.18. The van der Waals surface area contributed by atoms with E-state index in [0.29, 0.717) is 23.9 Å². The Kier molecular flexibility index (Phi) is 17.0. The molecule has 10 heteroatoms. The van der Waals surface area contributed by atoms with Crippen LogP contribution in [0, 0.1) is 0 Å². The van der Waals surface area contributed by atoms with Crippen LogP contribution in [0.5, 0.6) is 0 Å². The van der Waals surface area contributed by atoms with Gasteiger partial charge in [-0.3, -0.25) is 14.4 Å². The van der Waals surface area contributed by atoms with E-state index in [1.54, 1.807) is 0 Å². The van der Waals surface area contributed by atoms with Crippen molar-refractivity contribution in [3.63, 3.8) is 0 Å². The van der Waals surface area contributed by atoms with Crippen molar-refractivity contribution in [2.24, 2.45) is 0 Å². The second-order valence-electron chi connectivity index (χ2n) is 9.38. The van der Waals surface area contributed by atoms with Gasteiger partial charge in [-0.2, -0.15) is 0 Å². The fourth-order valence-electron chi connectivity index (χ4n) is 2.98. The molecule has 0 saturated heterocycles. The molecule has 0 heterocycles. The average Bonchev–Trinajstić information content (AvgIpc) is 2.73. The summed E-state index contributed by atoms with van der Waals surface area (Å²) in [5, 5.41) is 9.93. The number of carbonyl (C=O) groups is 4. The van der Waals surface area contributed by atoms with Crippen LogP contribution in [-0.2, 0) is 38.1 Å². The Bertz CT molecular complexity index is 590. The molecule has 0 aromatic carbocycles. The summed E-state index contributed by atoms with van der Waals surface area (Å²) < 4.78 is 20.9. The van der Waals surface area contributed by atoms with Gasteiger partial charge < -0.3 is 28.5 Å². The van der Waals surface area contributed by atoms with E-state index in [9.17, 15) is 24.3 Å². The maximum Gasteiger partial charge on any atom is 0.344 e. The fourth-order valence-corrected chi connectivity index (χ4v) is 2.98. The number of likely N-dealkylation sites (N-methyl/N-ethyl adjacent to an activating group) is 1. The molecule has 0 aliphatic rings. The standard InChI is InChI=1S/C24H44NO9/c1-6-8-10-12-21(27)31-16-20(17-32-22(28)13-11-9-7-2)34-24(30)18-33-23(29)14-19(26)15-25(3,4)5/h19-20,26H,6-18H2,1-5H3/q+1/t19-/m0/s1. The Morgan fingerprint density at radius 3 is 1.68 bits per heavy atom. The summed E-state index contributed by atoms with van der Waals surface area (Å²) in [5.41, 5.74) is 0. The molecule has 0 spiro atoms. The molecule has 198 valence electrons. The van der Waals surface area contributed by atoms with Crippen LogP contribution in [0.25, 0.3) is 0 Å². The van der Waals surface area contributed by atoms with Gasteiger partial charge in [0, 0.05) is 12.8 Å². The molecule has 0 saturated carbocycles. The van der Waals surface area contributed by atoms with Crippen LogP contribution >= 0.6 is 0 Å². The summed E-state index contributed by atoms with van der Waals surface area (Å²) in [7, 11) is 5.62. The van der Waals surface area contributed by atoms with Crippen LogP contribution < -0.4 is 0 Å². The lowest BCUT2D eigenvalue weighted by Gasteiger charge is -2.26. The third-order valence-corrected chi connectivity index (χ3v) is 4.64. The van der Waals surface area contributed by atoms with Gasteiger partial charge in [-0.1, -0.05) is 39.5 Å². The molecule has 0 rings (SSSR count). The first-order chi connectivity index (χ1) is 16.0. The number of aliphatic hydroxyl groups is 1. The lowest BCUT2D eigenvalue weighted by atomic mass is 10.2. The summed E-state index contributed by atoms with van der Waals surface area (Å²) in [4.78, 5) is 47.8. The van der Waals surface area contributed by atoms with Crippen molar-refractivity contribution in [2.45, 2.75) is 83.8 Å². The van der Waals surface area contributed by atoms with Gasteiger partial charge in [-0.05, 0) is 12.8 Å². The Morgan fingerprint density at radius 1 is 0.735 bits per heavy atom. The van der Waals surface area contributed by atoms with E-state index in [0.717, 1.165) is 25.7 Å². The first kappa shape index (κ1) is 31.8. The Hall–Kier alpha value is -2.20. The number of rotatable bonds is 19. The Morgan fingerprint density at radius 2 is 1.24 bits per heavy atom. The zero-order valence-corrected chi connectivity index (χ0v) is 21.5. The number of aliphatic hydroxyl groups excluding tert-OH is 1. The van der Waals surface area contributed by atoms with Gasteiger partial charge in [0.25, 0.3) is 0 Å². The number of quaternary nitrogens is 1. The molecule has 0 unspecified atom stereocenters. The van der Waals surface area contributed by atoms with Gasteiger partial charge in [-0.25, -0.2) is 4.79 Å². The highest BCUT2D eigenvalue weighted by molar-refractivity contribution is 5.76. The molecule has 10 nitrogen and oxygen atoms in total. The molecule has 0 bridgehead atoms. The maximum absolute atomic E-state index is 12.1. The number of esters is 4. The molecular weight excluding hydrogens is 446 g/mol. The van der Waals surface area contributed by atoms with Crippen molar-refractivity contribution in [1.82, 2.24) is 0 Å². The molecule has 0 fully saturated rings. The topological polar surface area (TPSA) is 125 Å². The largest absolute Gasteiger partial charge is 0.462 e. The minimum atomic E-state index is -1.01. The highest BCUT2D eigenvalue weighted by Gasteiger charge is 2.23. The number of hydrogen-bond donors (Lipinski definition) is 1. The van der Waals surface area contributed by atoms with Crippen molar-refractivity contribution >= 4 is 23.9 Å². The molecule has 0 aromatic rings. The molecule has 0 amide bonds. The van der Waals surface area contributed by atoms with Crippen molar-refractivity contribution in [2.75, 3.05) is 47.5 Å². The molecule has 0 aliphatic heterocycles. The monoisotopic (exact) mass is 490 g/mol. The van der Waals surface area contributed by atoms with Gasteiger partial charge in [0.05, 0.1) is 27.6 Å². The average molecular weight is 491 g/mol. The Labute approximate surface area is 203 Å². The van der Waals surface area contributed by atoms with Crippen LogP contribution in [0.4, 0.5) is 0 Å². The molecule has 0 aliphatic carbocycles. The number of nitrogens with zero attached hydrogens (tertiary/aromatic N) is 1. The SMILES string of the molecule is CCCCCC(=O)OCC(COC(=O)CCCCC)OC(=O)COC(=O)C[C@H](O)C[N+](C)(C)C. The molecule has 0 radical (unpaired) electrons. The zero-order valence-electron chi connectivity index (χ0n) is 21.5. The van der Waals surface area contributed by atoms with Crippen molar-refractivity contribution in [3.8, 4) is 0 Å². The molecule has 1 N–H and O–H groups in total. The summed E-state index contributed by atoms with van der Waals surface area (Å²) >= 11 is 0.